The van der Waals surface area contributed by atoms with Crippen molar-refractivity contribution in [3.05, 3.63) is 71.3 Å². The van der Waals surface area contributed by atoms with Gasteiger partial charge in [0.15, 0.2) is 6.10 Å². The van der Waals surface area contributed by atoms with Crippen molar-refractivity contribution in [2.45, 2.75) is 26.2 Å². The van der Waals surface area contributed by atoms with Gasteiger partial charge in [0.05, 0.1) is 12.2 Å². The fourth-order valence-corrected chi connectivity index (χ4v) is 2.27. The van der Waals surface area contributed by atoms with E-state index in [0.29, 0.717) is 12.2 Å². The third-order valence-electron chi connectivity index (χ3n) is 3.66. The molecule has 0 heterocycles. The second-order valence-corrected chi connectivity index (χ2v) is 5.84. The molecule has 2 N–H and O–H groups in total. The minimum Gasteiger partial charge on any atom is -0.449 e. The molecule has 0 bridgehead atoms. The van der Waals surface area contributed by atoms with Crippen LogP contribution in [-0.2, 0) is 27.4 Å². The number of methoxy groups -OCH3 is 1. The summed E-state index contributed by atoms with van der Waals surface area (Å²) in [6.45, 7) is 2.04. The molecule has 0 spiro atoms. The third-order valence-corrected chi connectivity index (χ3v) is 3.66. The van der Waals surface area contributed by atoms with E-state index in [-0.39, 0.29) is 6.54 Å². The first-order chi connectivity index (χ1) is 13.0. The molecule has 2 aromatic carbocycles. The Labute approximate surface area is 157 Å². The molecule has 0 saturated heterocycles. The lowest BCUT2D eigenvalue weighted by Gasteiger charge is -2.14. The van der Waals surface area contributed by atoms with E-state index in [9.17, 15) is 14.4 Å². The number of esters is 1. The fourth-order valence-electron chi connectivity index (χ4n) is 2.27. The Bertz CT molecular complexity index is 792. The Morgan fingerprint density at radius 3 is 2.41 bits per heavy atom. The molecular weight excluding hydrogens is 348 g/mol. The number of nitrogens with one attached hydrogen (secondary N) is 2. The summed E-state index contributed by atoms with van der Waals surface area (Å²) in [6.07, 6.45) is -1.12. The van der Waals surface area contributed by atoms with Crippen LogP contribution in [0.4, 0.5) is 4.79 Å². The molecule has 0 aliphatic carbocycles. The second-order valence-electron chi connectivity index (χ2n) is 5.84. The number of urea groups is 1. The number of hydrogen-bond donors (Lipinski definition) is 2. The largest absolute Gasteiger partial charge is 0.449 e. The molecule has 2 rings (SSSR count). The highest BCUT2D eigenvalue weighted by Crippen LogP contribution is 2.09. The highest BCUT2D eigenvalue weighted by molar-refractivity contribution is 5.98. The summed E-state index contributed by atoms with van der Waals surface area (Å²) in [5.74, 6) is -1.36. The van der Waals surface area contributed by atoms with Crippen LogP contribution in [0.2, 0.25) is 0 Å². The maximum atomic E-state index is 12.2. The molecule has 7 heteroatoms. The Kier molecular flexibility index (Phi) is 7.51. The van der Waals surface area contributed by atoms with Crippen molar-refractivity contribution in [1.29, 1.82) is 0 Å². The number of rotatable bonds is 7. The molecule has 1 atom stereocenters. The molecule has 0 fully saturated rings. The zero-order valence-electron chi connectivity index (χ0n) is 15.2. The van der Waals surface area contributed by atoms with Crippen molar-refractivity contribution in [1.82, 2.24) is 10.6 Å². The summed E-state index contributed by atoms with van der Waals surface area (Å²) in [6, 6.07) is 15.3. The molecule has 0 aromatic heterocycles. The maximum Gasteiger partial charge on any atom is 0.338 e. The Morgan fingerprint density at radius 1 is 1.00 bits per heavy atom. The highest BCUT2D eigenvalue weighted by atomic mass is 16.5. The minimum absolute atomic E-state index is 0.278. The van der Waals surface area contributed by atoms with Crippen molar-refractivity contribution in [3.63, 3.8) is 0 Å². The topological polar surface area (TPSA) is 93.7 Å². The van der Waals surface area contributed by atoms with Crippen molar-refractivity contribution in [2.75, 3.05) is 7.11 Å². The number of carbonyl (C=O) groups is 3. The third kappa shape index (κ3) is 6.56. The van der Waals surface area contributed by atoms with Crippen LogP contribution in [0.5, 0.6) is 0 Å². The van der Waals surface area contributed by atoms with Crippen LogP contribution in [-0.4, -0.2) is 31.1 Å². The van der Waals surface area contributed by atoms with E-state index in [0.717, 1.165) is 11.1 Å². The molecule has 0 aliphatic rings. The van der Waals surface area contributed by atoms with Gasteiger partial charge in [-0.2, -0.15) is 0 Å². The average molecular weight is 370 g/mol. The number of carbonyl (C=O) groups excluding carboxylic acids is 3. The molecule has 2 aromatic rings. The van der Waals surface area contributed by atoms with Gasteiger partial charge in [0, 0.05) is 13.7 Å². The Hall–Kier alpha value is -3.19. The Balaban J connectivity index is 1.82. The summed E-state index contributed by atoms with van der Waals surface area (Å²) >= 11 is 0. The van der Waals surface area contributed by atoms with Crippen molar-refractivity contribution in [2.24, 2.45) is 0 Å². The van der Waals surface area contributed by atoms with E-state index in [2.05, 4.69) is 10.6 Å². The monoisotopic (exact) mass is 370 g/mol. The number of benzene rings is 2. The van der Waals surface area contributed by atoms with Crippen LogP contribution < -0.4 is 10.6 Å². The zero-order valence-corrected chi connectivity index (χ0v) is 15.2. The van der Waals surface area contributed by atoms with Gasteiger partial charge in [-0.1, -0.05) is 42.5 Å². The molecule has 27 heavy (non-hydrogen) atoms. The zero-order chi connectivity index (χ0) is 19.6. The number of ether oxygens (including phenoxy) is 2. The van der Waals surface area contributed by atoms with Crippen LogP contribution in [0, 0.1) is 0 Å². The van der Waals surface area contributed by atoms with Crippen molar-refractivity contribution < 1.29 is 23.9 Å². The van der Waals surface area contributed by atoms with Crippen LogP contribution >= 0.6 is 0 Å². The summed E-state index contributed by atoms with van der Waals surface area (Å²) in [7, 11) is 1.56. The van der Waals surface area contributed by atoms with Gasteiger partial charge in [-0.05, 0) is 30.2 Å². The van der Waals surface area contributed by atoms with Crippen LogP contribution in [0.15, 0.2) is 54.6 Å². The molecule has 0 aliphatic heterocycles. The number of amides is 3. The van der Waals surface area contributed by atoms with Gasteiger partial charge in [0.25, 0.3) is 5.91 Å². The van der Waals surface area contributed by atoms with Gasteiger partial charge in [0.1, 0.15) is 0 Å². The van der Waals surface area contributed by atoms with E-state index < -0.39 is 24.0 Å². The van der Waals surface area contributed by atoms with Crippen molar-refractivity contribution >= 4 is 17.9 Å². The van der Waals surface area contributed by atoms with Gasteiger partial charge in [0.2, 0.25) is 0 Å². The first-order valence-electron chi connectivity index (χ1n) is 8.41. The van der Waals surface area contributed by atoms with Crippen LogP contribution in [0.3, 0.4) is 0 Å². The molecule has 3 amide bonds. The van der Waals surface area contributed by atoms with Gasteiger partial charge in [-0.25, -0.2) is 9.59 Å². The maximum absolute atomic E-state index is 12.2. The van der Waals surface area contributed by atoms with E-state index in [1.165, 1.54) is 6.92 Å². The number of imide groups is 1. The molecule has 0 saturated carbocycles. The predicted octanol–water partition coefficient (Wildman–Crippen LogP) is 2.40. The predicted molar refractivity (Wildman–Crippen MR) is 98.9 cm³/mol. The summed E-state index contributed by atoms with van der Waals surface area (Å²) in [4.78, 5) is 36.0. The normalized spacial score (nSPS) is 11.3. The SMILES string of the molecule is COCc1cccc(C(=O)O[C@H](C)C(=O)NC(=O)NCc2ccccc2)c1. The lowest BCUT2D eigenvalue weighted by molar-refractivity contribution is -0.127. The smallest absolute Gasteiger partial charge is 0.338 e. The summed E-state index contributed by atoms with van der Waals surface area (Å²) < 4.78 is 10.1. The molecule has 0 radical (unpaired) electrons. The van der Waals surface area contributed by atoms with E-state index >= 15 is 0 Å². The first kappa shape index (κ1) is 20.1. The van der Waals surface area contributed by atoms with Crippen LogP contribution in [0.1, 0.15) is 28.4 Å². The molecular formula is C20H22N2O5. The van der Waals surface area contributed by atoms with E-state index in [4.69, 9.17) is 9.47 Å². The molecule has 7 nitrogen and oxygen atoms in total. The van der Waals surface area contributed by atoms with Crippen molar-refractivity contribution in [3.8, 4) is 0 Å². The quantitative estimate of drug-likeness (QED) is 0.730. The van der Waals surface area contributed by atoms with Gasteiger partial charge < -0.3 is 14.8 Å². The van der Waals surface area contributed by atoms with Gasteiger partial charge in [-0.15, -0.1) is 0 Å². The molecule has 0 unspecified atom stereocenters. The van der Waals surface area contributed by atoms with Gasteiger partial charge in [-0.3, -0.25) is 10.1 Å². The molecule has 142 valence electrons. The lowest BCUT2D eigenvalue weighted by Crippen LogP contribution is -2.44. The standard InChI is InChI=1S/C20H22N2O5/c1-14(27-19(24)17-10-6-9-16(11-17)13-26-2)18(23)22-20(25)21-12-15-7-4-3-5-8-15/h3-11,14H,12-13H2,1-2H3,(H2,21,22,23,25)/t14-/m1/s1. The number of hydrogen-bond acceptors (Lipinski definition) is 5. The summed E-state index contributed by atoms with van der Waals surface area (Å²) in [5, 5.41) is 4.72. The van der Waals surface area contributed by atoms with E-state index in [1.54, 1.807) is 25.3 Å². The lowest BCUT2D eigenvalue weighted by atomic mass is 10.1. The fraction of sp³-hybridized carbons (Fsp3) is 0.250. The average Bonchev–Trinajstić information content (AvgIpc) is 2.67. The van der Waals surface area contributed by atoms with Gasteiger partial charge >= 0.3 is 12.0 Å². The minimum atomic E-state index is -1.12. The Morgan fingerprint density at radius 2 is 1.70 bits per heavy atom. The van der Waals surface area contributed by atoms with E-state index in [1.807, 2.05) is 36.4 Å². The first-order valence-corrected chi connectivity index (χ1v) is 8.41. The highest BCUT2D eigenvalue weighted by Gasteiger charge is 2.21. The van der Waals surface area contributed by atoms with Crippen LogP contribution in [0.25, 0.3) is 0 Å². The summed E-state index contributed by atoms with van der Waals surface area (Å²) in [5.41, 5.74) is 2.01. The second kappa shape index (κ2) is 10.1.